The van der Waals surface area contributed by atoms with E-state index in [0.717, 1.165) is 58.6 Å². The number of hydrogen-bond acceptors (Lipinski definition) is 8. The molecule has 10 nitrogen and oxygen atoms in total. The summed E-state index contributed by atoms with van der Waals surface area (Å²) < 4.78 is 14.4. The minimum Gasteiger partial charge on any atom is -0.464 e. The van der Waals surface area contributed by atoms with Crippen molar-refractivity contribution >= 4 is 11.0 Å². The maximum Gasteiger partial charge on any atom is 0.139 e. The predicted molar refractivity (Wildman–Crippen MR) is 147 cm³/mol. The van der Waals surface area contributed by atoms with Crippen molar-refractivity contribution < 1.29 is 9.15 Å². The van der Waals surface area contributed by atoms with Crippen molar-refractivity contribution in [3.8, 4) is 11.3 Å². The highest BCUT2D eigenvalue weighted by atomic mass is 16.5. The summed E-state index contributed by atoms with van der Waals surface area (Å²) in [4.78, 5) is 2.44. The zero-order valence-corrected chi connectivity index (χ0v) is 22.5. The predicted octanol–water partition coefficient (Wildman–Crippen LogP) is 4.46. The molecule has 4 heterocycles. The molecule has 39 heavy (non-hydrogen) atoms. The van der Waals surface area contributed by atoms with E-state index in [4.69, 9.17) is 14.9 Å². The highest BCUT2D eigenvalue weighted by Gasteiger charge is 2.35. The molecule has 0 saturated carbocycles. The van der Waals surface area contributed by atoms with Crippen LogP contribution in [-0.4, -0.2) is 48.0 Å². The number of piperidine rings is 1. The smallest absolute Gasteiger partial charge is 0.139 e. The fourth-order valence-corrected chi connectivity index (χ4v) is 5.69. The average Bonchev–Trinajstić information content (AvgIpc) is 3.68. The molecule has 1 aliphatic heterocycles. The van der Waals surface area contributed by atoms with Gasteiger partial charge in [0.05, 0.1) is 42.4 Å². The van der Waals surface area contributed by atoms with Gasteiger partial charge in [0.25, 0.3) is 0 Å². The van der Waals surface area contributed by atoms with Crippen LogP contribution in [0.1, 0.15) is 55.2 Å². The number of nitrogens with zero attached hydrogens (tertiary/aromatic N) is 6. The van der Waals surface area contributed by atoms with Gasteiger partial charge in [-0.1, -0.05) is 35.5 Å². The van der Waals surface area contributed by atoms with E-state index in [2.05, 4.69) is 67.0 Å². The van der Waals surface area contributed by atoms with Crippen LogP contribution >= 0.6 is 0 Å². The highest BCUT2D eigenvalue weighted by molar-refractivity contribution is 5.85. The van der Waals surface area contributed by atoms with Gasteiger partial charge in [-0.2, -0.15) is 15.4 Å². The molecule has 3 aromatic heterocycles. The van der Waals surface area contributed by atoms with Gasteiger partial charge in [0.1, 0.15) is 17.0 Å². The van der Waals surface area contributed by atoms with Gasteiger partial charge in [0, 0.05) is 30.1 Å². The Hall–Kier alpha value is -3.86. The summed E-state index contributed by atoms with van der Waals surface area (Å²) in [5.74, 6) is 0. The van der Waals surface area contributed by atoms with Crippen LogP contribution in [0, 0.1) is 0 Å². The summed E-state index contributed by atoms with van der Waals surface area (Å²) >= 11 is 0. The van der Waals surface area contributed by atoms with E-state index in [1.165, 1.54) is 5.56 Å². The number of nitrogens with two attached hydrogens (primary N) is 1. The van der Waals surface area contributed by atoms with Crippen molar-refractivity contribution in [2.45, 2.75) is 57.5 Å². The van der Waals surface area contributed by atoms with Crippen LogP contribution < -0.4 is 5.73 Å². The van der Waals surface area contributed by atoms with Gasteiger partial charge in [-0.15, -0.1) is 5.10 Å². The molecule has 1 fully saturated rings. The number of fused-ring (bicyclic) bond motifs is 1. The number of H-pyrrole nitrogens is 1. The van der Waals surface area contributed by atoms with Crippen LogP contribution in [0.2, 0.25) is 0 Å². The van der Waals surface area contributed by atoms with E-state index in [1.807, 2.05) is 33.0 Å². The molecule has 5 aromatic rings. The van der Waals surface area contributed by atoms with Crippen molar-refractivity contribution in [2.75, 3.05) is 6.54 Å². The van der Waals surface area contributed by atoms with Gasteiger partial charge < -0.3 is 14.9 Å². The molecule has 0 amide bonds. The molecule has 0 bridgehead atoms. The molecule has 0 unspecified atom stereocenters. The number of likely N-dealkylation sites (tertiary alicyclic amines) is 1. The van der Waals surface area contributed by atoms with Crippen molar-refractivity contribution in [1.29, 1.82) is 0 Å². The Balaban J connectivity index is 1.30. The largest absolute Gasteiger partial charge is 0.464 e. The molecule has 1 aliphatic rings. The third-order valence-corrected chi connectivity index (χ3v) is 7.50. The first kappa shape index (κ1) is 25.4. The fourth-order valence-electron chi connectivity index (χ4n) is 5.69. The van der Waals surface area contributed by atoms with E-state index in [1.54, 1.807) is 17.1 Å². The number of benzene rings is 2. The maximum absolute atomic E-state index is 6.75. The number of aryl methyl sites for hydroxylation is 1. The van der Waals surface area contributed by atoms with E-state index < -0.39 is 5.54 Å². The molecule has 0 radical (unpaired) electrons. The molecular formula is C29H34N8O2. The second kappa shape index (κ2) is 10.4. The molecule has 0 spiro atoms. The lowest BCUT2D eigenvalue weighted by molar-refractivity contribution is -0.0556. The molecule has 10 heteroatoms. The summed E-state index contributed by atoms with van der Waals surface area (Å²) in [6.07, 6.45) is 5.45. The van der Waals surface area contributed by atoms with Crippen molar-refractivity contribution in [2.24, 2.45) is 12.8 Å². The van der Waals surface area contributed by atoms with Crippen LogP contribution in [0.4, 0.5) is 0 Å². The lowest BCUT2D eigenvalue weighted by atomic mass is 9.91. The SMILES string of the molecule is Cn1nncc1-c1cc(CO[C@H]2CCCN(Cc3n[nH]nc3C(C)(C)N)[C@H]2c2ccccc2)c2occc2c1. The minimum atomic E-state index is -0.584. The van der Waals surface area contributed by atoms with E-state index in [-0.39, 0.29) is 12.1 Å². The standard InChI is InChI=1S/C29H34N8O2/c1-29(2,30)28-23(32-34-33-28)17-37-12-7-10-25(26(37)19-8-5-4-6-9-19)39-18-22-15-21(24-16-31-35-36(24)3)14-20-11-13-38-27(20)22/h4-6,8-9,11,13-16,25-26H,7,10,12,17-18,30H2,1-3H3,(H,32,33,34)/t25-,26-/m0/s1. The topological polar surface area (TPSA) is 124 Å². The molecule has 202 valence electrons. The molecular weight excluding hydrogens is 492 g/mol. The lowest BCUT2D eigenvalue weighted by Crippen LogP contribution is -2.43. The Morgan fingerprint density at radius 1 is 1.15 bits per heavy atom. The molecule has 1 saturated heterocycles. The first-order valence-corrected chi connectivity index (χ1v) is 13.3. The molecule has 0 aliphatic carbocycles. The van der Waals surface area contributed by atoms with Crippen LogP contribution in [0.15, 0.2) is 65.4 Å². The van der Waals surface area contributed by atoms with Gasteiger partial charge in [0.2, 0.25) is 0 Å². The van der Waals surface area contributed by atoms with Gasteiger partial charge >= 0.3 is 0 Å². The Morgan fingerprint density at radius 2 is 2.00 bits per heavy atom. The zero-order chi connectivity index (χ0) is 27.0. The van der Waals surface area contributed by atoms with Crippen molar-refractivity contribution in [3.63, 3.8) is 0 Å². The van der Waals surface area contributed by atoms with Crippen molar-refractivity contribution in [1.82, 2.24) is 35.3 Å². The van der Waals surface area contributed by atoms with Gasteiger partial charge in [-0.05, 0) is 57.0 Å². The highest BCUT2D eigenvalue weighted by Crippen LogP contribution is 2.36. The Morgan fingerprint density at radius 3 is 2.77 bits per heavy atom. The van der Waals surface area contributed by atoms with E-state index in [0.29, 0.717) is 13.2 Å². The second-order valence-electron chi connectivity index (χ2n) is 10.9. The van der Waals surface area contributed by atoms with Crippen LogP contribution in [0.5, 0.6) is 0 Å². The quantitative estimate of drug-likeness (QED) is 0.304. The summed E-state index contributed by atoms with van der Waals surface area (Å²) in [6, 6.07) is 16.8. The molecule has 3 N–H and O–H groups in total. The first-order chi connectivity index (χ1) is 18.9. The monoisotopic (exact) mass is 526 g/mol. The minimum absolute atomic E-state index is 0.0191. The van der Waals surface area contributed by atoms with Crippen molar-refractivity contribution in [3.05, 3.63) is 83.5 Å². The first-order valence-electron chi connectivity index (χ1n) is 13.3. The molecule has 6 rings (SSSR count). The number of furan rings is 1. The third kappa shape index (κ3) is 5.10. The Bertz CT molecular complexity index is 1550. The Kier molecular flexibility index (Phi) is 6.76. The van der Waals surface area contributed by atoms with Gasteiger partial charge in [-0.3, -0.25) is 4.90 Å². The second-order valence-corrected chi connectivity index (χ2v) is 10.9. The van der Waals surface area contributed by atoms with Crippen LogP contribution in [0.25, 0.3) is 22.2 Å². The van der Waals surface area contributed by atoms with E-state index in [9.17, 15) is 0 Å². The summed E-state index contributed by atoms with van der Waals surface area (Å²) in [6.45, 7) is 5.90. The number of nitrogens with one attached hydrogen (secondary N) is 1. The maximum atomic E-state index is 6.75. The summed E-state index contributed by atoms with van der Waals surface area (Å²) in [7, 11) is 1.89. The zero-order valence-electron chi connectivity index (χ0n) is 22.5. The van der Waals surface area contributed by atoms with E-state index >= 15 is 0 Å². The molecule has 2 aromatic carbocycles. The molecule has 2 atom stereocenters. The van der Waals surface area contributed by atoms with Crippen LogP contribution in [-0.2, 0) is 30.5 Å². The number of aromatic nitrogens is 6. The number of hydrogen-bond donors (Lipinski definition) is 2. The van der Waals surface area contributed by atoms with Gasteiger partial charge in [0.15, 0.2) is 0 Å². The lowest BCUT2D eigenvalue weighted by Gasteiger charge is -2.41. The Labute approximate surface area is 227 Å². The third-order valence-electron chi connectivity index (χ3n) is 7.50. The summed E-state index contributed by atoms with van der Waals surface area (Å²) in [5, 5.41) is 20.8. The van der Waals surface area contributed by atoms with Crippen LogP contribution in [0.3, 0.4) is 0 Å². The average molecular weight is 527 g/mol. The number of aromatic amines is 1. The number of ether oxygens (including phenoxy) is 1. The number of rotatable bonds is 8. The summed E-state index contributed by atoms with van der Waals surface area (Å²) in [5.41, 5.74) is 12.5. The fraction of sp³-hybridized carbons (Fsp3) is 0.379. The van der Waals surface area contributed by atoms with Gasteiger partial charge in [-0.25, -0.2) is 4.68 Å². The normalized spacial score (nSPS) is 18.7.